The van der Waals surface area contributed by atoms with Gasteiger partial charge in [0.1, 0.15) is 12.4 Å². The van der Waals surface area contributed by atoms with Crippen molar-refractivity contribution >= 4 is 17.5 Å². The van der Waals surface area contributed by atoms with Gasteiger partial charge in [0.15, 0.2) is 11.5 Å². The van der Waals surface area contributed by atoms with Crippen molar-refractivity contribution < 1.29 is 14.1 Å². The Morgan fingerprint density at radius 1 is 1.20 bits per heavy atom. The molecule has 0 aliphatic heterocycles. The van der Waals surface area contributed by atoms with Crippen LogP contribution in [0.4, 0.5) is 0 Å². The highest BCUT2D eigenvalue weighted by Gasteiger charge is 2.13. The Hall–Kier alpha value is -2.79. The van der Waals surface area contributed by atoms with E-state index in [4.69, 9.17) is 20.9 Å². The summed E-state index contributed by atoms with van der Waals surface area (Å²) in [6.45, 7) is 2.73. The van der Waals surface area contributed by atoms with Gasteiger partial charge in [-0.1, -0.05) is 41.0 Å². The Labute approximate surface area is 150 Å². The lowest BCUT2D eigenvalue weighted by Crippen LogP contribution is -2.28. The third-order valence-electron chi connectivity index (χ3n) is 3.50. The van der Waals surface area contributed by atoms with Gasteiger partial charge < -0.3 is 14.6 Å². The van der Waals surface area contributed by atoms with Crippen molar-refractivity contribution in [1.82, 2.24) is 10.5 Å². The zero-order valence-corrected chi connectivity index (χ0v) is 14.4. The van der Waals surface area contributed by atoms with Gasteiger partial charge in [0, 0.05) is 16.7 Å². The van der Waals surface area contributed by atoms with Crippen molar-refractivity contribution in [3.63, 3.8) is 0 Å². The maximum absolute atomic E-state index is 12.1. The minimum Gasteiger partial charge on any atom is -0.492 e. The predicted octanol–water partition coefficient (Wildman–Crippen LogP) is 4.11. The normalized spacial score (nSPS) is 10.5. The van der Waals surface area contributed by atoms with Gasteiger partial charge in [0.25, 0.3) is 5.91 Å². The van der Waals surface area contributed by atoms with Gasteiger partial charge in [0.05, 0.1) is 6.54 Å². The molecule has 0 aliphatic rings. The fraction of sp³-hybridized carbons (Fsp3) is 0.158. The van der Waals surface area contributed by atoms with Gasteiger partial charge in [-0.05, 0) is 36.8 Å². The molecule has 2 aromatic carbocycles. The maximum atomic E-state index is 12.1. The summed E-state index contributed by atoms with van der Waals surface area (Å²) in [6, 6.07) is 16.5. The van der Waals surface area contributed by atoms with Crippen LogP contribution in [0.1, 0.15) is 16.1 Å². The first-order valence-corrected chi connectivity index (χ1v) is 8.20. The molecule has 0 bridgehead atoms. The second-order valence-electron chi connectivity index (χ2n) is 5.51. The summed E-state index contributed by atoms with van der Waals surface area (Å²) in [6.07, 6.45) is 0. The average molecular weight is 357 g/mol. The highest BCUT2D eigenvalue weighted by molar-refractivity contribution is 6.30. The molecule has 0 saturated heterocycles. The summed E-state index contributed by atoms with van der Waals surface area (Å²) >= 11 is 5.95. The molecule has 6 heteroatoms. The Morgan fingerprint density at radius 2 is 2.04 bits per heavy atom. The minimum atomic E-state index is -0.315. The number of hydrogen-bond acceptors (Lipinski definition) is 4. The largest absolute Gasteiger partial charge is 0.492 e. The molecule has 5 nitrogen and oxygen atoms in total. The summed E-state index contributed by atoms with van der Waals surface area (Å²) in [5, 5.41) is 7.14. The summed E-state index contributed by atoms with van der Waals surface area (Å²) in [5.74, 6) is 0.951. The number of hydrogen-bond donors (Lipinski definition) is 1. The van der Waals surface area contributed by atoms with Crippen LogP contribution in [0.5, 0.6) is 5.75 Å². The molecule has 0 radical (unpaired) electrons. The summed E-state index contributed by atoms with van der Waals surface area (Å²) in [7, 11) is 0. The van der Waals surface area contributed by atoms with E-state index in [0.717, 1.165) is 16.9 Å². The molecule has 0 atom stereocenters. The quantitative estimate of drug-likeness (QED) is 0.675. The number of aromatic nitrogens is 1. The number of halogens is 1. The van der Waals surface area contributed by atoms with E-state index in [9.17, 15) is 4.79 Å². The Morgan fingerprint density at radius 3 is 2.84 bits per heavy atom. The van der Waals surface area contributed by atoms with Crippen molar-refractivity contribution in [2.45, 2.75) is 6.92 Å². The molecule has 128 valence electrons. The molecule has 25 heavy (non-hydrogen) atoms. The molecule has 0 unspecified atom stereocenters. The van der Waals surface area contributed by atoms with Gasteiger partial charge in [-0.3, -0.25) is 4.79 Å². The van der Waals surface area contributed by atoms with Crippen LogP contribution in [-0.2, 0) is 0 Å². The molecule has 1 N–H and O–H groups in total. The summed E-state index contributed by atoms with van der Waals surface area (Å²) in [5.41, 5.74) is 2.10. The van der Waals surface area contributed by atoms with Gasteiger partial charge >= 0.3 is 0 Å². The van der Waals surface area contributed by atoms with Crippen LogP contribution in [-0.4, -0.2) is 24.2 Å². The van der Waals surface area contributed by atoms with Crippen LogP contribution < -0.4 is 10.1 Å². The molecule has 3 rings (SSSR count). The van der Waals surface area contributed by atoms with Crippen molar-refractivity contribution in [3.8, 4) is 17.1 Å². The van der Waals surface area contributed by atoms with Crippen molar-refractivity contribution in [3.05, 3.63) is 70.9 Å². The predicted molar refractivity (Wildman–Crippen MR) is 96.0 cm³/mol. The first kappa shape index (κ1) is 17.0. The number of carbonyl (C=O) groups excluding carboxylic acids is 1. The fourth-order valence-corrected chi connectivity index (χ4v) is 2.48. The van der Waals surface area contributed by atoms with E-state index in [1.165, 1.54) is 0 Å². The lowest BCUT2D eigenvalue weighted by molar-refractivity contribution is 0.0938. The van der Waals surface area contributed by atoms with E-state index < -0.39 is 0 Å². The summed E-state index contributed by atoms with van der Waals surface area (Å²) in [4.78, 5) is 12.1. The number of ether oxygens (including phenoxy) is 1. The third-order valence-corrected chi connectivity index (χ3v) is 3.73. The van der Waals surface area contributed by atoms with E-state index >= 15 is 0 Å². The second kappa shape index (κ2) is 7.85. The first-order chi connectivity index (χ1) is 12.1. The third kappa shape index (κ3) is 4.61. The molecular formula is C19H17ClN2O3. The second-order valence-corrected chi connectivity index (χ2v) is 5.94. The van der Waals surface area contributed by atoms with Crippen molar-refractivity contribution in [2.75, 3.05) is 13.2 Å². The molecule has 1 heterocycles. The van der Waals surface area contributed by atoms with Crippen LogP contribution in [0.3, 0.4) is 0 Å². The lowest BCUT2D eigenvalue weighted by atomic mass is 10.1. The standard InChI is InChI=1S/C19H17ClN2O3/c1-13-4-2-7-16(10-13)24-9-8-21-19(23)17-12-18(25-22-17)14-5-3-6-15(20)11-14/h2-7,10-12H,8-9H2,1H3,(H,21,23). The van der Waals surface area contributed by atoms with Crippen molar-refractivity contribution in [2.24, 2.45) is 0 Å². The minimum absolute atomic E-state index is 0.213. The van der Waals surface area contributed by atoms with Gasteiger partial charge in [-0.25, -0.2) is 0 Å². The first-order valence-electron chi connectivity index (χ1n) is 7.82. The Kier molecular flexibility index (Phi) is 5.36. The van der Waals surface area contributed by atoms with Crippen LogP contribution in [0.25, 0.3) is 11.3 Å². The SMILES string of the molecule is Cc1cccc(OCCNC(=O)c2cc(-c3cccc(Cl)c3)on2)c1. The van der Waals surface area contributed by atoms with Crippen LogP contribution in [0, 0.1) is 6.92 Å². The topological polar surface area (TPSA) is 64.4 Å². The van der Waals surface area contributed by atoms with E-state index in [1.807, 2.05) is 43.3 Å². The molecule has 0 aliphatic carbocycles. The molecule has 1 aromatic heterocycles. The lowest BCUT2D eigenvalue weighted by Gasteiger charge is -2.07. The zero-order valence-electron chi connectivity index (χ0n) is 13.7. The zero-order chi connectivity index (χ0) is 17.6. The maximum Gasteiger partial charge on any atom is 0.273 e. The fourth-order valence-electron chi connectivity index (χ4n) is 2.29. The van der Waals surface area contributed by atoms with Gasteiger partial charge in [-0.2, -0.15) is 0 Å². The molecule has 3 aromatic rings. The van der Waals surface area contributed by atoms with Crippen molar-refractivity contribution in [1.29, 1.82) is 0 Å². The van der Waals surface area contributed by atoms with Crippen LogP contribution in [0.2, 0.25) is 5.02 Å². The van der Waals surface area contributed by atoms with Crippen LogP contribution >= 0.6 is 11.6 Å². The van der Waals surface area contributed by atoms with Crippen LogP contribution in [0.15, 0.2) is 59.1 Å². The number of rotatable bonds is 6. The molecule has 0 saturated carbocycles. The van der Waals surface area contributed by atoms with E-state index in [1.54, 1.807) is 18.2 Å². The number of nitrogens with one attached hydrogen (secondary N) is 1. The van der Waals surface area contributed by atoms with E-state index in [0.29, 0.717) is 23.9 Å². The van der Waals surface area contributed by atoms with Gasteiger partial charge in [-0.15, -0.1) is 0 Å². The van der Waals surface area contributed by atoms with E-state index in [-0.39, 0.29) is 11.6 Å². The summed E-state index contributed by atoms with van der Waals surface area (Å²) < 4.78 is 10.8. The van der Waals surface area contributed by atoms with Gasteiger partial charge in [0.2, 0.25) is 0 Å². The number of benzene rings is 2. The molecular weight excluding hydrogens is 340 g/mol. The highest BCUT2D eigenvalue weighted by atomic mass is 35.5. The average Bonchev–Trinajstić information content (AvgIpc) is 3.09. The molecule has 0 fully saturated rings. The number of nitrogens with zero attached hydrogens (tertiary/aromatic N) is 1. The monoisotopic (exact) mass is 356 g/mol. The van der Waals surface area contributed by atoms with E-state index in [2.05, 4.69) is 10.5 Å². The number of aryl methyl sites for hydroxylation is 1. The molecule has 1 amide bonds. The Bertz CT molecular complexity index is 876. The molecule has 0 spiro atoms. The number of amides is 1. The highest BCUT2D eigenvalue weighted by Crippen LogP contribution is 2.23. The number of carbonyl (C=O) groups is 1. The Balaban J connectivity index is 1.52. The smallest absolute Gasteiger partial charge is 0.273 e.